The summed E-state index contributed by atoms with van der Waals surface area (Å²) >= 11 is 0. The van der Waals surface area contributed by atoms with Gasteiger partial charge in [-0.3, -0.25) is 9.69 Å². The standard InChI is InChI=1S/C31H43F3N6O3S/c1-20(21(2)39-10-7-22-5-6-26(31(32,33)34)13-23(22)16-39)29(36-19-35)30(41)38-11-8-27(9-12-38)40-17-24-14-28(15-25(24)18-40)37(3)44(4,42)43/h5-6,13,19,24-25,27-28H,2,7-12,14-18H2,1,3-4H3,(H2,35,36)/b29-20-/t24-,25+,28-. The molecule has 1 aromatic carbocycles. The van der Waals surface area contributed by atoms with Crippen LogP contribution in [0.3, 0.4) is 0 Å². The highest BCUT2D eigenvalue weighted by molar-refractivity contribution is 7.88. The zero-order chi connectivity index (χ0) is 32.0. The second-order valence-electron chi connectivity index (χ2n) is 12.8. The lowest BCUT2D eigenvalue weighted by molar-refractivity contribution is -0.137. The quantitative estimate of drug-likeness (QED) is 0.213. The second kappa shape index (κ2) is 12.5. The Hall–Kier alpha value is -2.90. The molecule has 9 nitrogen and oxygen atoms in total. The van der Waals surface area contributed by atoms with Gasteiger partial charge in [0.25, 0.3) is 5.91 Å². The summed E-state index contributed by atoms with van der Waals surface area (Å²) < 4.78 is 65.4. The second-order valence-corrected chi connectivity index (χ2v) is 14.8. The van der Waals surface area contributed by atoms with Crippen molar-refractivity contribution in [2.24, 2.45) is 22.6 Å². The number of amides is 1. The van der Waals surface area contributed by atoms with Crippen molar-refractivity contribution in [3.8, 4) is 0 Å². The summed E-state index contributed by atoms with van der Waals surface area (Å²) in [5, 5.41) is 0. The van der Waals surface area contributed by atoms with Crippen LogP contribution in [0.2, 0.25) is 0 Å². The molecule has 1 aliphatic carbocycles. The average molecular weight is 637 g/mol. The van der Waals surface area contributed by atoms with E-state index in [-0.39, 0.29) is 24.2 Å². The average Bonchev–Trinajstić information content (AvgIpc) is 3.57. The van der Waals surface area contributed by atoms with E-state index in [0.29, 0.717) is 60.8 Å². The molecular formula is C31H43F3N6O3S. The molecule has 1 saturated carbocycles. The number of hydrogen-bond donors (Lipinski definition) is 1. The Morgan fingerprint density at radius 2 is 1.73 bits per heavy atom. The van der Waals surface area contributed by atoms with Gasteiger partial charge in [0, 0.05) is 69.7 Å². The van der Waals surface area contributed by atoms with Crippen molar-refractivity contribution in [2.45, 2.75) is 63.8 Å². The van der Waals surface area contributed by atoms with E-state index in [1.807, 2.05) is 4.90 Å². The van der Waals surface area contributed by atoms with Crippen molar-refractivity contribution in [1.29, 1.82) is 0 Å². The van der Waals surface area contributed by atoms with Gasteiger partial charge in [0.15, 0.2) is 0 Å². The third-order valence-corrected chi connectivity index (χ3v) is 11.5. The number of carbonyl (C=O) groups is 1. The number of nitrogens with two attached hydrogens (primary N) is 1. The number of fused-ring (bicyclic) bond motifs is 2. The van der Waals surface area contributed by atoms with Crippen LogP contribution in [0, 0.1) is 11.8 Å². The smallest absolute Gasteiger partial charge is 0.390 e. The van der Waals surface area contributed by atoms with Crippen molar-refractivity contribution in [3.05, 3.63) is 58.4 Å². The van der Waals surface area contributed by atoms with E-state index in [2.05, 4.69) is 16.5 Å². The lowest BCUT2D eigenvalue weighted by Crippen LogP contribution is -2.47. The molecule has 1 amide bonds. The van der Waals surface area contributed by atoms with E-state index in [4.69, 9.17) is 5.73 Å². The fourth-order valence-electron chi connectivity index (χ4n) is 7.48. The van der Waals surface area contributed by atoms with Gasteiger partial charge in [-0.25, -0.2) is 17.7 Å². The molecule has 0 bridgehead atoms. The SMILES string of the molecule is C=C(/C(C)=C(\N=C/N)C(=O)N1CCC(N2C[C@H]3C[C@@H](N(C)S(C)(=O)=O)C[C@H]3C2)CC1)N1CCc2ccc(C(F)(F)F)cc2C1. The van der Waals surface area contributed by atoms with Crippen LogP contribution in [0.4, 0.5) is 13.2 Å². The van der Waals surface area contributed by atoms with Gasteiger partial charge in [-0.15, -0.1) is 0 Å². The summed E-state index contributed by atoms with van der Waals surface area (Å²) in [5.41, 5.74) is 7.74. The number of benzene rings is 1. The van der Waals surface area contributed by atoms with Crippen LogP contribution in [-0.4, -0.2) is 97.8 Å². The van der Waals surface area contributed by atoms with Gasteiger partial charge < -0.3 is 15.5 Å². The number of alkyl halides is 3. The molecule has 0 unspecified atom stereocenters. The summed E-state index contributed by atoms with van der Waals surface area (Å²) in [7, 11) is -1.52. The van der Waals surface area contributed by atoms with Crippen LogP contribution < -0.4 is 5.73 Å². The fourth-order valence-corrected chi connectivity index (χ4v) is 8.19. The highest BCUT2D eigenvalue weighted by Gasteiger charge is 2.45. The number of aliphatic imine (C=N–C) groups is 1. The molecule has 2 N–H and O–H groups in total. The van der Waals surface area contributed by atoms with Crippen molar-refractivity contribution in [1.82, 2.24) is 19.0 Å². The monoisotopic (exact) mass is 636 g/mol. The summed E-state index contributed by atoms with van der Waals surface area (Å²) in [6.07, 6.45) is 1.97. The van der Waals surface area contributed by atoms with Crippen LogP contribution >= 0.6 is 0 Å². The predicted molar refractivity (Wildman–Crippen MR) is 164 cm³/mol. The van der Waals surface area contributed by atoms with E-state index in [0.717, 1.165) is 56.7 Å². The van der Waals surface area contributed by atoms with Gasteiger partial charge in [0.05, 0.1) is 18.2 Å². The number of carbonyl (C=O) groups excluding carboxylic acids is 1. The normalized spacial score (nSPS) is 25.8. The van der Waals surface area contributed by atoms with Gasteiger partial charge in [0.1, 0.15) is 5.70 Å². The molecule has 0 radical (unpaired) electrons. The maximum Gasteiger partial charge on any atom is 0.416 e. The van der Waals surface area contributed by atoms with Crippen LogP contribution in [0.1, 0.15) is 49.3 Å². The molecule has 0 spiro atoms. The number of sulfonamides is 1. The Labute approximate surface area is 258 Å². The molecule has 13 heteroatoms. The molecule has 1 aromatic rings. The number of hydrogen-bond acceptors (Lipinski definition) is 6. The van der Waals surface area contributed by atoms with E-state index in [1.54, 1.807) is 24.9 Å². The molecule has 4 aliphatic rings. The number of rotatable bonds is 7. The Morgan fingerprint density at radius 1 is 1.09 bits per heavy atom. The zero-order valence-corrected chi connectivity index (χ0v) is 26.5. The molecule has 0 aromatic heterocycles. The third-order valence-electron chi connectivity index (χ3n) is 10.2. The number of nitrogens with zero attached hydrogens (tertiary/aromatic N) is 5. The largest absolute Gasteiger partial charge is 0.416 e. The van der Waals surface area contributed by atoms with E-state index in [1.165, 1.54) is 16.6 Å². The Bertz CT molecular complexity index is 1440. The highest BCUT2D eigenvalue weighted by Crippen LogP contribution is 2.42. The number of allylic oxidation sites excluding steroid dienone is 1. The van der Waals surface area contributed by atoms with Crippen LogP contribution in [0.25, 0.3) is 0 Å². The van der Waals surface area contributed by atoms with E-state index in [9.17, 15) is 26.4 Å². The van der Waals surface area contributed by atoms with Gasteiger partial charge in [0.2, 0.25) is 10.0 Å². The first-order valence-electron chi connectivity index (χ1n) is 15.2. The maximum atomic E-state index is 13.7. The lowest BCUT2D eigenvalue weighted by atomic mass is 9.96. The number of likely N-dealkylation sites (tertiary alicyclic amines) is 2. The first-order valence-corrected chi connectivity index (χ1v) is 17.1. The molecular weight excluding hydrogens is 593 g/mol. The van der Waals surface area contributed by atoms with Crippen molar-refractivity contribution in [2.75, 3.05) is 46.0 Å². The first kappa shape index (κ1) is 32.5. The molecule has 44 heavy (non-hydrogen) atoms. The number of piperidine rings is 1. The Kier molecular flexibility index (Phi) is 9.21. The first-order chi connectivity index (χ1) is 20.7. The Morgan fingerprint density at radius 3 is 2.30 bits per heavy atom. The van der Waals surface area contributed by atoms with Gasteiger partial charge in [-0.1, -0.05) is 12.6 Å². The summed E-state index contributed by atoms with van der Waals surface area (Å²) in [6, 6.07) is 4.30. The van der Waals surface area contributed by atoms with E-state index >= 15 is 0 Å². The summed E-state index contributed by atoms with van der Waals surface area (Å²) in [4.78, 5) is 24.1. The number of halogens is 3. The predicted octanol–water partition coefficient (Wildman–Crippen LogP) is 3.43. The minimum Gasteiger partial charge on any atom is -0.390 e. The van der Waals surface area contributed by atoms with Crippen LogP contribution in [-0.2, 0) is 34.0 Å². The molecule has 242 valence electrons. The van der Waals surface area contributed by atoms with Crippen LogP contribution in [0.15, 0.2) is 46.7 Å². The zero-order valence-electron chi connectivity index (χ0n) is 25.7. The lowest BCUT2D eigenvalue weighted by Gasteiger charge is -2.38. The van der Waals surface area contributed by atoms with Crippen molar-refractivity contribution < 1.29 is 26.4 Å². The molecule has 3 heterocycles. The molecule has 5 rings (SSSR count). The van der Waals surface area contributed by atoms with Crippen molar-refractivity contribution in [3.63, 3.8) is 0 Å². The maximum absolute atomic E-state index is 13.7. The third kappa shape index (κ3) is 6.69. The van der Waals surface area contributed by atoms with Crippen molar-refractivity contribution >= 4 is 22.3 Å². The van der Waals surface area contributed by atoms with Gasteiger partial charge >= 0.3 is 6.18 Å². The molecule has 3 atom stereocenters. The minimum absolute atomic E-state index is 0.0740. The summed E-state index contributed by atoms with van der Waals surface area (Å²) in [6.45, 7) is 9.86. The molecule has 2 saturated heterocycles. The fraction of sp³-hybridized carbons (Fsp3) is 0.613. The van der Waals surface area contributed by atoms with Crippen LogP contribution in [0.5, 0.6) is 0 Å². The molecule has 3 aliphatic heterocycles. The topological polar surface area (TPSA) is 103 Å². The Balaban J connectivity index is 1.19. The van der Waals surface area contributed by atoms with Gasteiger partial charge in [-0.05, 0) is 74.1 Å². The minimum atomic E-state index is -4.42. The van der Waals surface area contributed by atoms with Gasteiger partial charge in [-0.2, -0.15) is 13.2 Å². The summed E-state index contributed by atoms with van der Waals surface area (Å²) in [5.74, 6) is 0.756. The molecule has 3 fully saturated rings. The van der Waals surface area contributed by atoms with E-state index < -0.39 is 21.8 Å². The highest BCUT2D eigenvalue weighted by atomic mass is 32.2.